The predicted octanol–water partition coefficient (Wildman–Crippen LogP) is -0.672. The fraction of sp³-hybridized carbons (Fsp3) is 0.800. The van der Waals surface area contributed by atoms with E-state index in [0.29, 0.717) is 13.1 Å². The van der Waals surface area contributed by atoms with Crippen molar-refractivity contribution in [2.45, 2.75) is 13.0 Å². The number of nitrogens with zero attached hydrogens (tertiary/aromatic N) is 1. The molecule has 1 N–H and O–H groups in total. The first-order valence-corrected chi connectivity index (χ1v) is 6.96. The SMILES string of the molecule is C#CCNCCN1CCS(=O)(=O)CC1C. The summed E-state index contributed by atoms with van der Waals surface area (Å²) in [7, 11) is -2.79. The van der Waals surface area contributed by atoms with Crippen molar-refractivity contribution in [2.75, 3.05) is 37.7 Å². The fourth-order valence-electron chi connectivity index (χ4n) is 1.75. The molecular formula is C10H18N2O2S. The molecule has 0 amide bonds. The Morgan fingerprint density at radius 3 is 2.93 bits per heavy atom. The zero-order valence-corrected chi connectivity index (χ0v) is 9.89. The monoisotopic (exact) mass is 230 g/mol. The van der Waals surface area contributed by atoms with Crippen LogP contribution in [0.2, 0.25) is 0 Å². The van der Waals surface area contributed by atoms with Gasteiger partial charge in [-0.1, -0.05) is 5.92 Å². The molecule has 1 heterocycles. The maximum Gasteiger partial charge on any atom is 0.153 e. The summed E-state index contributed by atoms with van der Waals surface area (Å²) in [5.41, 5.74) is 0. The Morgan fingerprint density at radius 1 is 1.60 bits per heavy atom. The molecule has 1 rings (SSSR count). The highest BCUT2D eigenvalue weighted by atomic mass is 32.2. The number of terminal acetylenes is 1. The van der Waals surface area contributed by atoms with Crippen LogP contribution in [0.1, 0.15) is 6.92 Å². The van der Waals surface area contributed by atoms with Crippen LogP contribution in [0.25, 0.3) is 0 Å². The summed E-state index contributed by atoms with van der Waals surface area (Å²) in [6.45, 7) is 4.84. The summed E-state index contributed by atoms with van der Waals surface area (Å²) in [5, 5.41) is 3.10. The molecule has 15 heavy (non-hydrogen) atoms. The van der Waals surface area contributed by atoms with E-state index in [1.807, 2.05) is 6.92 Å². The maximum atomic E-state index is 11.3. The first kappa shape index (κ1) is 12.5. The van der Waals surface area contributed by atoms with E-state index in [1.54, 1.807) is 0 Å². The second-order valence-corrected chi connectivity index (χ2v) is 6.11. The summed E-state index contributed by atoms with van der Waals surface area (Å²) in [6, 6.07) is 0.122. The molecule has 1 saturated heterocycles. The van der Waals surface area contributed by atoms with Crippen molar-refractivity contribution in [3.8, 4) is 12.3 Å². The van der Waals surface area contributed by atoms with Gasteiger partial charge in [0.1, 0.15) is 0 Å². The average Bonchev–Trinajstić information content (AvgIpc) is 2.14. The van der Waals surface area contributed by atoms with Crippen LogP contribution in [-0.4, -0.2) is 57.0 Å². The van der Waals surface area contributed by atoms with E-state index in [4.69, 9.17) is 6.42 Å². The van der Waals surface area contributed by atoms with E-state index < -0.39 is 9.84 Å². The van der Waals surface area contributed by atoms with Crippen molar-refractivity contribution in [1.29, 1.82) is 0 Å². The number of nitrogens with one attached hydrogen (secondary N) is 1. The molecule has 0 aromatic heterocycles. The largest absolute Gasteiger partial charge is 0.305 e. The molecular weight excluding hydrogens is 212 g/mol. The number of rotatable bonds is 4. The molecule has 0 radical (unpaired) electrons. The molecule has 0 bridgehead atoms. The molecule has 4 nitrogen and oxygen atoms in total. The Labute approximate surface area is 92.0 Å². The van der Waals surface area contributed by atoms with E-state index in [1.165, 1.54) is 0 Å². The van der Waals surface area contributed by atoms with Gasteiger partial charge in [-0.05, 0) is 6.92 Å². The lowest BCUT2D eigenvalue weighted by Crippen LogP contribution is -2.48. The minimum absolute atomic E-state index is 0.122. The van der Waals surface area contributed by atoms with Crippen molar-refractivity contribution in [3.05, 3.63) is 0 Å². The molecule has 0 spiro atoms. The van der Waals surface area contributed by atoms with Gasteiger partial charge in [-0.15, -0.1) is 6.42 Å². The van der Waals surface area contributed by atoms with E-state index in [9.17, 15) is 8.42 Å². The third-order valence-corrected chi connectivity index (χ3v) is 4.41. The normalized spacial score (nSPS) is 26.0. The Balaban J connectivity index is 2.30. The minimum Gasteiger partial charge on any atom is -0.305 e. The molecule has 86 valence electrons. The van der Waals surface area contributed by atoms with Crippen molar-refractivity contribution in [2.24, 2.45) is 0 Å². The molecule has 1 aliphatic rings. The highest BCUT2D eigenvalue weighted by Crippen LogP contribution is 2.10. The van der Waals surface area contributed by atoms with Gasteiger partial charge in [0.05, 0.1) is 18.1 Å². The lowest BCUT2D eigenvalue weighted by atomic mass is 10.3. The minimum atomic E-state index is -2.79. The number of sulfone groups is 1. The van der Waals surface area contributed by atoms with E-state index in [2.05, 4.69) is 16.1 Å². The Morgan fingerprint density at radius 2 is 2.33 bits per heavy atom. The molecule has 0 aromatic rings. The van der Waals surface area contributed by atoms with Crippen molar-refractivity contribution in [1.82, 2.24) is 10.2 Å². The van der Waals surface area contributed by atoms with Crippen molar-refractivity contribution >= 4 is 9.84 Å². The summed E-state index contributed by atoms with van der Waals surface area (Å²) in [4.78, 5) is 2.19. The standard InChI is InChI=1S/C10H18N2O2S/c1-3-4-11-5-6-12-7-8-15(13,14)9-10(12)2/h1,10-11H,4-9H2,2H3. The van der Waals surface area contributed by atoms with Gasteiger partial charge in [0, 0.05) is 25.7 Å². The quantitative estimate of drug-likeness (QED) is 0.514. The van der Waals surface area contributed by atoms with Crippen molar-refractivity contribution < 1.29 is 8.42 Å². The fourth-order valence-corrected chi connectivity index (χ4v) is 3.37. The Bertz CT molecular complexity index is 332. The molecule has 0 aliphatic carbocycles. The van der Waals surface area contributed by atoms with Crippen molar-refractivity contribution in [3.63, 3.8) is 0 Å². The van der Waals surface area contributed by atoms with Gasteiger partial charge in [-0.3, -0.25) is 4.90 Å². The topological polar surface area (TPSA) is 49.4 Å². The second-order valence-electron chi connectivity index (χ2n) is 3.88. The maximum absolute atomic E-state index is 11.3. The number of hydrogen-bond donors (Lipinski definition) is 1. The van der Waals surface area contributed by atoms with Gasteiger partial charge < -0.3 is 5.32 Å². The summed E-state index contributed by atoms with van der Waals surface area (Å²) in [6.07, 6.45) is 5.11. The number of hydrogen-bond acceptors (Lipinski definition) is 4. The first-order chi connectivity index (χ1) is 7.05. The zero-order valence-electron chi connectivity index (χ0n) is 9.07. The van der Waals surface area contributed by atoms with Crippen LogP contribution in [0.5, 0.6) is 0 Å². The predicted molar refractivity (Wildman–Crippen MR) is 61.4 cm³/mol. The van der Waals surface area contributed by atoms with Crippen LogP contribution < -0.4 is 5.32 Å². The molecule has 5 heteroatoms. The lowest BCUT2D eigenvalue weighted by Gasteiger charge is -2.32. The summed E-state index contributed by atoms with van der Waals surface area (Å²) in [5.74, 6) is 3.07. The third kappa shape index (κ3) is 4.20. The summed E-state index contributed by atoms with van der Waals surface area (Å²) >= 11 is 0. The van der Waals surface area contributed by atoms with E-state index >= 15 is 0 Å². The van der Waals surface area contributed by atoms with Crippen LogP contribution in [0, 0.1) is 12.3 Å². The van der Waals surface area contributed by atoms with Gasteiger partial charge >= 0.3 is 0 Å². The lowest BCUT2D eigenvalue weighted by molar-refractivity contribution is 0.228. The Hall–Kier alpha value is -0.570. The van der Waals surface area contributed by atoms with Gasteiger partial charge in [-0.25, -0.2) is 8.42 Å². The molecule has 0 aromatic carbocycles. The summed E-state index contributed by atoms with van der Waals surface area (Å²) < 4.78 is 22.6. The zero-order chi connectivity index (χ0) is 11.3. The second kappa shape index (κ2) is 5.50. The van der Waals surface area contributed by atoms with Gasteiger partial charge in [0.25, 0.3) is 0 Å². The highest BCUT2D eigenvalue weighted by molar-refractivity contribution is 7.91. The first-order valence-electron chi connectivity index (χ1n) is 5.14. The van der Waals surface area contributed by atoms with Crippen LogP contribution in [-0.2, 0) is 9.84 Å². The molecule has 1 aliphatic heterocycles. The average molecular weight is 230 g/mol. The smallest absolute Gasteiger partial charge is 0.153 e. The van der Waals surface area contributed by atoms with E-state index in [0.717, 1.165) is 13.1 Å². The molecule has 0 saturated carbocycles. The van der Waals surface area contributed by atoms with E-state index in [-0.39, 0.29) is 17.5 Å². The van der Waals surface area contributed by atoms with Crippen LogP contribution in [0.4, 0.5) is 0 Å². The Kier molecular flexibility index (Phi) is 4.58. The highest BCUT2D eigenvalue weighted by Gasteiger charge is 2.27. The van der Waals surface area contributed by atoms with Crippen LogP contribution >= 0.6 is 0 Å². The van der Waals surface area contributed by atoms with Gasteiger partial charge in [0.15, 0.2) is 9.84 Å². The van der Waals surface area contributed by atoms with Gasteiger partial charge in [-0.2, -0.15) is 0 Å². The molecule has 1 fully saturated rings. The third-order valence-electron chi connectivity index (χ3n) is 2.61. The van der Waals surface area contributed by atoms with Gasteiger partial charge in [0.2, 0.25) is 0 Å². The molecule has 1 unspecified atom stereocenters. The van der Waals surface area contributed by atoms with Crippen LogP contribution in [0.15, 0.2) is 0 Å². The molecule has 1 atom stereocenters. The van der Waals surface area contributed by atoms with Crippen LogP contribution in [0.3, 0.4) is 0 Å².